The third kappa shape index (κ3) is 4.54. The maximum Gasteiger partial charge on any atom is 0.253 e. The first-order chi connectivity index (χ1) is 18.5. The highest BCUT2D eigenvalue weighted by Gasteiger charge is 2.54. The molecule has 0 atom stereocenters. The molecule has 0 aliphatic heterocycles. The highest BCUT2D eigenvalue weighted by molar-refractivity contribution is 7.91. The van der Waals surface area contributed by atoms with Crippen molar-refractivity contribution in [3.8, 4) is 11.1 Å². The molecule has 4 aromatic rings. The molecule has 1 amide bonds. The van der Waals surface area contributed by atoms with Gasteiger partial charge < -0.3 is 16.0 Å². The molecule has 9 nitrogen and oxygen atoms in total. The Labute approximate surface area is 226 Å². The number of nitrogens with two attached hydrogens (primary N) is 1. The third-order valence-electron chi connectivity index (χ3n) is 7.47. The number of hydrogen-bond donors (Lipinski definition) is 3. The topological polar surface area (TPSA) is 140 Å². The number of rotatable bonds is 8. The van der Waals surface area contributed by atoms with Gasteiger partial charge in [0.15, 0.2) is 0 Å². The molecule has 3 aromatic heterocycles. The quantitative estimate of drug-likeness (QED) is 0.285. The molecular formula is C29H31N5O4S. The van der Waals surface area contributed by atoms with Crippen LogP contribution < -0.4 is 16.6 Å². The average molecular weight is 546 g/mol. The van der Waals surface area contributed by atoms with Crippen LogP contribution in [0.2, 0.25) is 0 Å². The summed E-state index contributed by atoms with van der Waals surface area (Å²) in [5.41, 5.74) is 10.2. The Bertz CT molecular complexity index is 1800. The highest BCUT2D eigenvalue weighted by Crippen LogP contribution is 2.49. The van der Waals surface area contributed by atoms with E-state index in [-0.39, 0.29) is 12.1 Å². The van der Waals surface area contributed by atoms with Crippen molar-refractivity contribution in [3.05, 3.63) is 93.7 Å². The van der Waals surface area contributed by atoms with E-state index in [0.29, 0.717) is 63.8 Å². The minimum Gasteiger partial charge on any atom is -0.384 e. The number of carbonyl (C=O) groups excluding carboxylic acids is 1. The van der Waals surface area contributed by atoms with Crippen molar-refractivity contribution in [2.24, 2.45) is 0 Å². The van der Waals surface area contributed by atoms with Crippen molar-refractivity contribution in [2.75, 3.05) is 5.73 Å². The van der Waals surface area contributed by atoms with Gasteiger partial charge in [0.2, 0.25) is 10.0 Å². The van der Waals surface area contributed by atoms with E-state index in [2.05, 4.69) is 21.9 Å². The van der Waals surface area contributed by atoms with Crippen LogP contribution in [0.25, 0.3) is 22.0 Å². The number of hydrogen-bond acceptors (Lipinski definition) is 6. The molecule has 1 saturated carbocycles. The average Bonchev–Trinajstić information content (AvgIpc) is 3.60. The standard InChI is InChI=1S/C29H31N5O4S/c1-5-8-29(9-10-29)39(37,38)34-16-18(3)26-22(12-21(13-24(26)34)20-6-7-25(30)31-14-20)27(35)32-15-23-17(2)11-19(4)33-28(23)36/h5-7,11-14,16H,1,8-10,15H2,2-4H3,(H2,30,31)(H,32,35)(H,33,36). The van der Waals surface area contributed by atoms with Crippen LogP contribution in [0.1, 0.15) is 52.0 Å². The number of amides is 1. The Kier molecular flexibility index (Phi) is 6.46. The number of nitrogens with one attached hydrogen (secondary N) is 2. The molecule has 1 aliphatic rings. The lowest BCUT2D eigenvalue weighted by atomic mass is 9.99. The maximum atomic E-state index is 13.9. The lowest BCUT2D eigenvalue weighted by molar-refractivity contribution is 0.0952. The molecule has 1 aromatic carbocycles. The fraction of sp³-hybridized carbons (Fsp3) is 0.276. The summed E-state index contributed by atoms with van der Waals surface area (Å²) in [6.07, 6.45) is 6.27. The smallest absolute Gasteiger partial charge is 0.253 e. The summed E-state index contributed by atoms with van der Waals surface area (Å²) in [7, 11) is -3.78. The van der Waals surface area contributed by atoms with E-state index in [9.17, 15) is 18.0 Å². The Balaban J connectivity index is 1.66. The van der Waals surface area contributed by atoms with Crippen molar-refractivity contribution in [1.29, 1.82) is 0 Å². The molecule has 10 heteroatoms. The Hall–Kier alpha value is -4.18. The molecule has 1 fully saturated rings. The van der Waals surface area contributed by atoms with Crippen molar-refractivity contribution in [2.45, 2.75) is 51.3 Å². The van der Waals surface area contributed by atoms with Crippen LogP contribution in [0.5, 0.6) is 0 Å². The van der Waals surface area contributed by atoms with Crippen molar-refractivity contribution in [3.63, 3.8) is 0 Å². The fourth-order valence-electron chi connectivity index (χ4n) is 5.19. The molecule has 0 unspecified atom stereocenters. The van der Waals surface area contributed by atoms with Gasteiger partial charge in [-0.05, 0) is 87.1 Å². The molecule has 4 N–H and O–H groups in total. The monoisotopic (exact) mass is 545 g/mol. The molecule has 0 radical (unpaired) electrons. The zero-order valence-corrected chi connectivity index (χ0v) is 23.0. The third-order valence-corrected chi connectivity index (χ3v) is 9.96. The van der Waals surface area contributed by atoms with Gasteiger partial charge in [-0.2, -0.15) is 0 Å². The van der Waals surface area contributed by atoms with Gasteiger partial charge in [-0.1, -0.05) is 6.08 Å². The second kappa shape index (κ2) is 9.53. The number of allylic oxidation sites excluding steroid dienone is 1. The summed E-state index contributed by atoms with van der Waals surface area (Å²) < 4.78 is 28.2. The van der Waals surface area contributed by atoms with E-state index >= 15 is 0 Å². The van der Waals surface area contributed by atoms with E-state index in [1.54, 1.807) is 56.6 Å². The lowest BCUT2D eigenvalue weighted by Crippen LogP contribution is -2.29. The number of benzene rings is 1. The van der Waals surface area contributed by atoms with Gasteiger partial charge in [0.05, 0.1) is 10.3 Å². The molecule has 3 heterocycles. The van der Waals surface area contributed by atoms with Crippen LogP contribution >= 0.6 is 0 Å². The first-order valence-electron chi connectivity index (χ1n) is 12.7. The minimum absolute atomic E-state index is 0.0237. The first-order valence-corrected chi connectivity index (χ1v) is 14.1. The van der Waals surface area contributed by atoms with E-state index in [1.165, 1.54) is 3.97 Å². The van der Waals surface area contributed by atoms with Crippen LogP contribution in [0, 0.1) is 20.8 Å². The summed E-state index contributed by atoms with van der Waals surface area (Å²) in [6.45, 7) is 9.19. The van der Waals surface area contributed by atoms with E-state index in [1.807, 2.05) is 13.0 Å². The van der Waals surface area contributed by atoms with Crippen LogP contribution in [0.3, 0.4) is 0 Å². The number of nitrogens with zero attached hydrogens (tertiary/aromatic N) is 2. The predicted molar refractivity (Wildman–Crippen MR) is 153 cm³/mol. The number of anilines is 1. The number of aromatic amines is 1. The molecule has 0 bridgehead atoms. The molecule has 202 valence electrons. The number of aryl methyl sites for hydroxylation is 3. The second-order valence-electron chi connectivity index (χ2n) is 10.3. The molecule has 5 rings (SSSR count). The molecule has 0 saturated heterocycles. The van der Waals surface area contributed by atoms with E-state index in [0.717, 1.165) is 11.3 Å². The van der Waals surface area contributed by atoms with Gasteiger partial charge in [0, 0.05) is 46.7 Å². The highest BCUT2D eigenvalue weighted by atomic mass is 32.2. The van der Waals surface area contributed by atoms with Crippen LogP contribution in [0.15, 0.2) is 60.2 Å². The zero-order valence-electron chi connectivity index (χ0n) is 22.2. The Morgan fingerprint density at radius 1 is 1.18 bits per heavy atom. The Morgan fingerprint density at radius 2 is 1.92 bits per heavy atom. The van der Waals surface area contributed by atoms with Crippen LogP contribution in [-0.2, 0) is 16.6 Å². The Morgan fingerprint density at radius 3 is 2.54 bits per heavy atom. The van der Waals surface area contributed by atoms with E-state index < -0.39 is 20.7 Å². The summed E-state index contributed by atoms with van der Waals surface area (Å²) in [5, 5.41) is 3.40. The summed E-state index contributed by atoms with van der Waals surface area (Å²) in [6, 6.07) is 8.76. The molecular weight excluding hydrogens is 514 g/mol. The van der Waals surface area contributed by atoms with Gasteiger partial charge >= 0.3 is 0 Å². The lowest BCUT2D eigenvalue weighted by Gasteiger charge is -2.17. The van der Waals surface area contributed by atoms with E-state index in [4.69, 9.17) is 5.73 Å². The van der Waals surface area contributed by atoms with Gasteiger partial charge in [-0.15, -0.1) is 6.58 Å². The second-order valence-corrected chi connectivity index (χ2v) is 12.5. The summed E-state index contributed by atoms with van der Waals surface area (Å²) >= 11 is 0. The normalized spacial score (nSPS) is 14.3. The largest absolute Gasteiger partial charge is 0.384 e. The molecule has 39 heavy (non-hydrogen) atoms. The number of fused-ring (bicyclic) bond motifs is 1. The van der Waals surface area contributed by atoms with Gasteiger partial charge in [-0.3, -0.25) is 9.59 Å². The van der Waals surface area contributed by atoms with Crippen LogP contribution in [0.4, 0.5) is 5.82 Å². The first kappa shape index (κ1) is 26.4. The minimum atomic E-state index is -3.78. The van der Waals surface area contributed by atoms with Crippen molar-refractivity contribution < 1.29 is 13.2 Å². The van der Waals surface area contributed by atoms with Gasteiger partial charge in [0.1, 0.15) is 5.82 Å². The number of aromatic nitrogens is 3. The van der Waals surface area contributed by atoms with Gasteiger partial charge in [0.25, 0.3) is 11.5 Å². The maximum absolute atomic E-state index is 13.9. The zero-order chi connectivity index (χ0) is 28.1. The molecule has 1 aliphatic carbocycles. The van der Waals surface area contributed by atoms with Crippen molar-refractivity contribution in [1.82, 2.24) is 19.3 Å². The van der Waals surface area contributed by atoms with Crippen molar-refractivity contribution >= 4 is 32.7 Å². The number of H-pyrrole nitrogens is 1. The number of nitrogen functional groups attached to an aromatic ring is 1. The summed E-state index contributed by atoms with van der Waals surface area (Å²) in [4.78, 5) is 33.1. The number of pyridine rings is 2. The fourth-order valence-corrected chi connectivity index (χ4v) is 7.25. The molecule has 0 spiro atoms. The SMILES string of the molecule is C=CCC1(S(=O)(=O)n2cc(C)c3c(C(=O)NCc4c(C)cc(C)[nH]c4=O)cc(-c4ccc(N)nc4)cc32)CC1. The van der Waals surface area contributed by atoms with Gasteiger partial charge in [-0.25, -0.2) is 17.4 Å². The number of carbonyl (C=O) groups is 1. The predicted octanol–water partition coefficient (Wildman–Crippen LogP) is 4.12. The van der Waals surface area contributed by atoms with Crippen LogP contribution in [-0.4, -0.2) is 33.0 Å². The summed E-state index contributed by atoms with van der Waals surface area (Å²) in [5.74, 6) is -0.0755.